The third kappa shape index (κ3) is 2.28. The highest BCUT2D eigenvalue weighted by Gasteiger charge is 2.27. The molecule has 1 N–H and O–H groups in total. The van der Waals surface area contributed by atoms with Crippen LogP contribution in [0.4, 0.5) is 0 Å². The van der Waals surface area contributed by atoms with E-state index in [1.807, 2.05) is 36.0 Å². The van der Waals surface area contributed by atoms with Crippen molar-refractivity contribution in [3.8, 4) is 5.69 Å². The smallest absolute Gasteiger partial charge is 0.0664 e. The van der Waals surface area contributed by atoms with Gasteiger partial charge in [-0.1, -0.05) is 17.7 Å². The summed E-state index contributed by atoms with van der Waals surface area (Å²) in [4.78, 5) is 0. The predicted molar refractivity (Wildman–Crippen MR) is 73.3 cm³/mol. The maximum absolute atomic E-state index is 6.05. The summed E-state index contributed by atoms with van der Waals surface area (Å²) in [5.41, 5.74) is 3.42. The Labute approximate surface area is 112 Å². The van der Waals surface area contributed by atoms with Crippen molar-refractivity contribution in [1.29, 1.82) is 0 Å². The summed E-state index contributed by atoms with van der Waals surface area (Å²) in [5, 5.41) is 8.65. The van der Waals surface area contributed by atoms with E-state index in [-0.39, 0.29) is 0 Å². The number of nitrogens with zero attached hydrogens (tertiary/aromatic N) is 2. The van der Waals surface area contributed by atoms with Gasteiger partial charge in [0, 0.05) is 17.5 Å². The summed E-state index contributed by atoms with van der Waals surface area (Å²) in [6, 6.07) is 10.0. The molecular formula is C14H16ClN3. The summed E-state index contributed by atoms with van der Waals surface area (Å²) in [6.07, 6.45) is 2.54. The van der Waals surface area contributed by atoms with Gasteiger partial charge in [-0.05, 0) is 44.2 Å². The third-order valence-corrected chi connectivity index (χ3v) is 3.44. The largest absolute Gasteiger partial charge is 0.314 e. The molecule has 0 amide bonds. The molecule has 1 aromatic heterocycles. The Bertz CT molecular complexity index is 558. The summed E-state index contributed by atoms with van der Waals surface area (Å²) in [5.74, 6) is 0.668. The third-order valence-electron chi connectivity index (χ3n) is 3.21. The van der Waals surface area contributed by atoms with Gasteiger partial charge in [0.1, 0.15) is 0 Å². The first-order valence-electron chi connectivity index (χ1n) is 6.27. The second-order valence-electron chi connectivity index (χ2n) is 4.76. The average molecular weight is 262 g/mol. The van der Waals surface area contributed by atoms with E-state index >= 15 is 0 Å². The van der Waals surface area contributed by atoms with Gasteiger partial charge in [-0.15, -0.1) is 0 Å². The van der Waals surface area contributed by atoms with Gasteiger partial charge in [0.05, 0.1) is 17.1 Å². The lowest BCUT2D eigenvalue weighted by Gasteiger charge is -2.07. The predicted octanol–water partition coefficient (Wildman–Crippen LogP) is 3.12. The lowest BCUT2D eigenvalue weighted by molar-refractivity contribution is 0.724. The number of hydrogen-bond acceptors (Lipinski definition) is 2. The van der Waals surface area contributed by atoms with Crippen LogP contribution in [-0.4, -0.2) is 16.8 Å². The van der Waals surface area contributed by atoms with Gasteiger partial charge >= 0.3 is 0 Å². The van der Waals surface area contributed by atoms with E-state index in [9.17, 15) is 0 Å². The van der Waals surface area contributed by atoms with Gasteiger partial charge in [-0.25, -0.2) is 4.68 Å². The standard InChI is InChI=1S/C14H16ClN3/c1-16-9-13-8-14(10-5-6-10)17-18(13)12-4-2-3-11(15)7-12/h2-4,7-8,10,16H,5-6,9H2,1H3. The molecule has 0 unspecified atom stereocenters. The molecule has 1 aromatic carbocycles. The molecule has 1 aliphatic carbocycles. The summed E-state index contributed by atoms with van der Waals surface area (Å²) >= 11 is 6.05. The molecule has 94 valence electrons. The average Bonchev–Trinajstić information content (AvgIpc) is 3.12. The van der Waals surface area contributed by atoms with Crippen LogP contribution in [0.25, 0.3) is 5.69 Å². The molecule has 2 aromatic rings. The van der Waals surface area contributed by atoms with Crippen molar-refractivity contribution in [3.63, 3.8) is 0 Å². The van der Waals surface area contributed by atoms with Gasteiger partial charge in [0.2, 0.25) is 0 Å². The molecule has 18 heavy (non-hydrogen) atoms. The molecule has 0 saturated heterocycles. The fourth-order valence-corrected chi connectivity index (χ4v) is 2.34. The molecule has 1 fully saturated rings. The molecule has 3 nitrogen and oxygen atoms in total. The van der Waals surface area contributed by atoms with Crippen LogP contribution >= 0.6 is 11.6 Å². The zero-order valence-electron chi connectivity index (χ0n) is 10.4. The van der Waals surface area contributed by atoms with Crippen LogP contribution in [-0.2, 0) is 6.54 Å². The molecule has 3 rings (SSSR count). The van der Waals surface area contributed by atoms with Crippen molar-refractivity contribution in [3.05, 3.63) is 46.7 Å². The van der Waals surface area contributed by atoms with Crippen molar-refractivity contribution in [2.24, 2.45) is 0 Å². The van der Waals surface area contributed by atoms with Crippen molar-refractivity contribution in [1.82, 2.24) is 15.1 Å². The lowest BCUT2D eigenvalue weighted by Crippen LogP contribution is -2.10. The first kappa shape index (κ1) is 11.8. The van der Waals surface area contributed by atoms with E-state index in [4.69, 9.17) is 16.7 Å². The molecule has 1 aliphatic rings. The second kappa shape index (κ2) is 4.75. The van der Waals surface area contributed by atoms with Crippen molar-refractivity contribution in [2.45, 2.75) is 25.3 Å². The Morgan fingerprint density at radius 2 is 2.22 bits per heavy atom. The molecule has 1 heterocycles. The minimum absolute atomic E-state index is 0.668. The molecule has 0 spiro atoms. The normalized spacial score (nSPS) is 15.0. The fraction of sp³-hybridized carbons (Fsp3) is 0.357. The van der Waals surface area contributed by atoms with E-state index in [0.29, 0.717) is 5.92 Å². The monoisotopic (exact) mass is 261 g/mol. The Morgan fingerprint density at radius 1 is 1.39 bits per heavy atom. The fourth-order valence-electron chi connectivity index (χ4n) is 2.16. The van der Waals surface area contributed by atoms with Crippen LogP contribution in [0.2, 0.25) is 5.02 Å². The van der Waals surface area contributed by atoms with Gasteiger partial charge in [-0.2, -0.15) is 5.10 Å². The van der Waals surface area contributed by atoms with Crippen LogP contribution in [0.15, 0.2) is 30.3 Å². The van der Waals surface area contributed by atoms with Crippen LogP contribution in [0, 0.1) is 0 Å². The molecule has 1 saturated carbocycles. The zero-order valence-corrected chi connectivity index (χ0v) is 11.1. The number of hydrogen-bond donors (Lipinski definition) is 1. The minimum atomic E-state index is 0.668. The summed E-state index contributed by atoms with van der Waals surface area (Å²) < 4.78 is 2.00. The van der Waals surface area contributed by atoms with E-state index in [1.165, 1.54) is 24.2 Å². The number of rotatable bonds is 4. The minimum Gasteiger partial charge on any atom is -0.314 e. The SMILES string of the molecule is CNCc1cc(C2CC2)nn1-c1cccc(Cl)c1. The highest BCUT2D eigenvalue weighted by Crippen LogP contribution is 2.39. The Balaban J connectivity index is 2.03. The van der Waals surface area contributed by atoms with Crippen molar-refractivity contribution >= 4 is 11.6 Å². The van der Waals surface area contributed by atoms with E-state index < -0.39 is 0 Å². The number of benzene rings is 1. The zero-order chi connectivity index (χ0) is 12.5. The van der Waals surface area contributed by atoms with Crippen LogP contribution in [0.5, 0.6) is 0 Å². The first-order valence-corrected chi connectivity index (χ1v) is 6.65. The number of nitrogens with one attached hydrogen (secondary N) is 1. The van der Waals surface area contributed by atoms with Crippen molar-refractivity contribution < 1.29 is 0 Å². The Hall–Kier alpha value is -1.32. The van der Waals surface area contributed by atoms with Crippen LogP contribution in [0.3, 0.4) is 0 Å². The quantitative estimate of drug-likeness (QED) is 0.917. The summed E-state index contributed by atoms with van der Waals surface area (Å²) in [6.45, 7) is 0.812. The molecule has 4 heteroatoms. The van der Waals surface area contributed by atoms with Crippen LogP contribution in [0.1, 0.15) is 30.1 Å². The van der Waals surface area contributed by atoms with E-state index in [0.717, 1.165) is 17.3 Å². The topological polar surface area (TPSA) is 29.9 Å². The van der Waals surface area contributed by atoms with Crippen molar-refractivity contribution in [2.75, 3.05) is 7.05 Å². The first-order chi connectivity index (χ1) is 8.78. The van der Waals surface area contributed by atoms with Gasteiger partial charge in [0.15, 0.2) is 0 Å². The van der Waals surface area contributed by atoms with Gasteiger partial charge < -0.3 is 5.32 Å². The highest BCUT2D eigenvalue weighted by atomic mass is 35.5. The molecule has 0 atom stereocenters. The van der Waals surface area contributed by atoms with Gasteiger partial charge in [0.25, 0.3) is 0 Å². The van der Waals surface area contributed by atoms with E-state index in [1.54, 1.807) is 0 Å². The number of halogens is 1. The molecule has 0 bridgehead atoms. The Morgan fingerprint density at radius 3 is 2.89 bits per heavy atom. The maximum Gasteiger partial charge on any atom is 0.0664 e. The second-order valence-corrected chi connectivity index (χ2v) is 5.19. The van der Waals surface area contributed by atoms with Crippen LogP contribution < -0.4 is 5.32 Å². The number of aromatic nitrogens is 2. The molecule has 0 aliphatic heterocycles. The molecular weight excluding hydrogens is 246 g/mol. The highest BCUT2D eigenvalue weighted by molar-refractivity contribution is 6.30. The maximum atomic E-state index is 6.05. The lowest BCUT2D eigenvalue weighted by atomic mass is 10.2. The van der Waals surface area contributed by atoms with Gasteiger partial charge in [-0.3, -0.25) is 0 Å². The molecule has 0 radical (unpaired) electrons. The summed E-state index contributed by atoms with van der Waals surface area (Å²) in [7, 11) is 1.95. The Kier molecular flexibility index (Phi) is 3.10. The van der Waals surface area contributed by atoms with E-state index in [2.05, 4.69) is 11.4 Å².